The van der Waals surface area contributed by atoms with Crippen LogP contribution in [-0.4, -0.2) is 29.6 Å². The summed E-state index contributed by atoms with van der Waals surface area (Å²) in [4.78, 5) is 15.9. The zero-order valence-corrected chi connectivity index (χ0v) is 66.2. The quantitative estimate of drug-likeness (QED) is 0.153. The van der Waals surface area contributed by atoms with E-state index in [0.29, 0.717) is 0 Å². The molecule has 0 N–H and O–H groups in total. The highest BCUT2D eigenvalue weighted by Gasteiger charge is 2.52. The Hall–Kier alpha value is -10.8. The van der Waals surface area contributed by atoms with E-state index in [1.807, 2.05) is 0 Å². The minimum absolute atomic E-state index is 0.0137. The Morgan fingerprint density at radius 3 is 0.843 bits per heavy atom. The second-order valence-corrected chi connectivity index (χ2v) is 44.4. The maximum absolute atomic E-state index is 2.71. The van der Waals surface area contributed by atoms with Crippen molar-refractivity contribution in [2.45, 2.75) is 129 Å². The first kappa shape index (κ1) is 65.5. The summed E-state index contributed by atoms with van der Waals surface area (Å²) < 4.78 is 0. The van der Waals surface area contributed by atoms with Crippen molar-refractivity contribution in [3.63, 3.8) is 0 Å². The van der Waals surface area contributed by atoms with Gasteiger partial charge in [-0.3, -0.25) is 0 Å². The van der Waals surface area contributed by atoms with Crippen molar-refractivity contribution in [3.05, 3.63) is 301 Å². The molecule has 526 valence electrons. The van der Waals surface area contributed by atoms with Gasteiger partial charge in [-0.1, -0.05) is 245 Å². The van der Waals surface area contributed by atoms with Crippen LogP contribution in [-0.2, 0) is 21.7 Å². The van der Waals surface area contributed by atoms with Crippen molar-refractivity contribution >= 4 is 185 Å². The van der Waals surface area contributed by atoms with Crippen LogP contribution in [0.3, 0.4) is 0 Å². The first-order valence-electron chi connectivity index (χ1n) is 39.4. The molecule has 0 spiro atoms. The molecule has 0 unspecified atom stereocenters. The summed E-state index contributed by atoms with van der Waals surface area (Å²) in [5, 5.41) is 5.78. The third-order valence-electron chi connectivity index (χ3n) is 27.0. The van der Waals surface area contributed by atoms with Gasteiger partial charge in [0.05, 0.1) is 11.4 Å². The molecule has 0 aromatic heterocycles. The number of hydrogen-bond donors (Lipinski definition) is 0. The van der Waals surface area contributed by atoms with Crippen LogP contribution < -0.4 is 82.9 Å². The van der Waals surface area contributed by atoms with E-state index in [4.69, 9.17) is 0 Å². The molecule has 0 saturated heterocycles. The molecule has 0 bridgehead atoms. The number of nitrogens with zero attached hydrogens (tertiary/aromatic N) is 6. The zero-order chi connectivity index (χ0) is 73.4. The van der Waals surface area contributed by atoms with Crippen molar-refractivity contribution in [2.75, 3.05) is 29.4 Å². The predicted octanol–water partition coefficient (Wildman–Crippen LogP) is 19.8. The second kappa shape index (κ2) is 22.9. The summed E-state index contributed by atoms with van der Waals surface area (Å²) in [6.45, 7) is 29.6. The van der Waals surface area contributed by atoms with E-state index in [1.54, 1.807) is 0 Å². The lowest BCUT2D eigenvalue weighted by atomic mass is 9.30. The van der Waals surface area contributed by atoms with Gasteiger partial charge in [-0.05, 0) is 238 Å². The van der Waals surface area contributed by atoms with E-state index in [0.717, 1.165) is 48.4 Å². The molecule has 6 nitrogen and oxygen atoms in total. The van der Waals surface area contributed by atoms with Gasteiger partial charge in [0.1, 0.15) is 16.1 Å². The number of hydrogen-bond acceptors (Lipinski definition) is 6. The van der Waals surface area contributed by atoms with Crippen molar-refractivity contribution in [2.24, 2.45) is 0 Å². The SMILES string of the molecule is CC1(C)CCC(C)(C)c2cc(N3c4ccccc4B4c5cc6c(cc5N(c5ccccc5)c5cc(N7c8ccccc8[Si](C)(C)c8ccccc87)cc3c54)N(c3ccccc3)c3cc(N4c5ccccc5[Si](C)(C)c5ccccc54)cc4c3B6c3ccccc3N4c3ccc4c(c3)C(C)(C)CCC4(C)C)ccc21. The number of benzene rings is 13. The molecule has 2 aliphatic carbocycles. The van der Waals surface area contributed by atoms with Gasteiger partial charge >= 0.3 is 0 Å². The molecule has 0 amide bonds. The number of anilines is 18. The zero-order valence-electron chi connectivity index (χ0n) is 64.2. The van der Waals surface area contributed by atoms with Crippen LogP contribution in [0.15, 0.2) is 279 Å². The highest BCUT2D eigenvalue weighted by atomic mass is 28.3. The van der Waals surface area contributed by atoms with Gasteiger partial charge in [0.2, 0.25) is 0 Å². The van der Waals surface area contributed by atoms with Crippen LogP contribution in [0, 0.1) is 0 Å². The maximum Gasteiger partial charge on any atom is 0.252 e. The number of para-hydroxylation sites is 8. The molecule has 21 rings (SSSR count). The molecule has 8 aliphatic rings. The van der Waals surface area contributed by atoms with Gasteiger partial charge in [0.25, 0.3) is 13.4 Å². The largest absolute Gasteiger partial charge is 0.311 e. The molecule has 6 heterocycles. The van der Waals surface area contributed by atoms with Gasteiger partial charge in [-0.2, -0.15) is 0 Å². The summed E-state index contributed by atoms with van der Waals surface area (Å²) in [7, 11) is -4.37. The Labute approximate surface area is 640 Å². The van der Waals surface area contributed by atoms with Crippen molar-refractivity contribution in [3.8, 4) is 0 Å². The molecule has 0 fully saturated rings. The van der Waals surface area contributed by atoms with E-state index in [2.05, 4.69) is 390 Å². The third kappa shape index (κ3) is 9.19. The molecule has 0 saturated carbocycles. The summed E-state index contributed by atoms with van der Waals surface area (Å²) >= 11 is 0. The molecular weight excluding hydrogens is 1340 g/mol. The lowest BCUT2D eigenvalue weighted by Gasteiger charge is -2.48. The Morgan fingerprint density at radius 2 is 0.500 bits per heavy atom. The highest BCUT2D eigenvalue weighted by molar-refractivity contribution is 7.04. The van der Waals surface area contributed by atoms with E-state index in [-0.39, 0.29) is 35.1 Å². The van der Waals surface area contributed by atoms with Crippen LogP contribution in [0.5, 0.6) is 0 Å². The minimum Gasteiger partial charge on any atom is -0.311 e. The Kier molecular flexibility index (Phi) is 13.9. The molecule has 108 heavy (non-hydrogen) atoms. The summed E-state index contributed by atoms with van der Waals surface area (Å²) in [6.07, 6.45) is 4.57. The molecule has 0 radical (unpaired) electrons. The predicted molar refractivity (Wildman–Crippen MR) is 468 cm³/mol. The van der Waals surface area contributed by atoms with Crippen LogP contribution in [0.25, 0.3) is 0 Å². The highest BCUT2D eigenvalue weighted by Crippen LogP contribution is 2.56. The smallest absolute Gasteiger partial charge is 0.252 e. The maximum atomic E-state index is 2.71. The van der Waals surface area contributed by atoms with E-state index in [1.165, 1.54) is 155 Å². The fraction of sp³-hybridized carbons (Fsp3) is 0.204. The first-order valence-corrected chi connectivity index (χ1v) is 45.4. The average molecular weight is 1430 g/mol. The van der Waals surface area contributed by atoms with Crippen LogP contribution in [0.2, 0.25) is 26.2 Å². The van der Waals surface area contributed by atoms with Crippen molar-refractivity contribution < 1.29 is 0 Å². The third-order valence-corrected chi connectivity index (χ3v) is 34.1. The average Bonchev–Trinajstić information content (AvgIpc) is 0.680. The normalized spacial score (nSPS) is 18.0. The molecule has 13 aromatic carbocycles. The molecule has 10 heteroatoms. The topological polar surface area (TPSA) is 19.4 Å². The van der Waals surface area contributed by atoms with E-state index in [9.17, 15) is 0 Å². The van der Waals surface area contributed by atoms with Crippen molar-refractivity contribution in [1.29, 1.82) is 0 Å². The second-order valence-electron chi connectivity index (χ2n) is 35.7. The number of fused-ring (bicyclic) bond motifs is 14. The fourth-order valence-electron chi connectivity index (χ4n) is 21.2. The standard InChI is InChI=1S/C98H90B2N6Si2/c1-95(2)51-53-97(5,6)71-55-65(47-49-69(71)95)103-77-37-21-19-35-73(77)99-75-61-76-84(62-83(75)101(63-31-15-13-16-32-63)85-57-67(59-87(103)93(85)99)105-79-39-23-27-43-89(79)107(9,10)90-44-28-24-40-80(90)105)102(64-33-17-14-18-34-64)86-58-68(106-81-41-25-29-45-91(81)108(11,12)92-46-30-26-42-82(92)106)60-88-94(86)100(76)74-36-20-22-38-78(74)104(88)66-48-50-70-72(56-66)98(7,8)54-52-96(70,3)4/h13-50,55-62H,51-54H2,1-12H3. The van der Waals surface area contributed by atoms with Crippen LogP contribution >= 0.6 is 0 Å². The summed E-state index contributed by atoms with van der Waals surface area (Å²) in [6, 6.07) is 110. The van der Waals surface area contributed by atoms with Gasteiger partial charge < -0.3 is 29.4 Å². The summed E-state index contributed by atoms with van der Waals surface area (Å²) in [5.74, 6) is 0. The van der Waals surface area contributed by atoms with Gasteiger partial charge in [0, 0.05) is 91.0 Å². The number of rotatable bonds is 6. The molecule has 6 aliphatic heterocycles. The van der Waals surface area contributed by atoms with Crippen LogP contribution in [0.4, 0.5) is 102 Å². The molecule has 0 atom stereocenters. The molecular formula is C98H90B2N6Si2. The Bertz CT molecular complexity index is 5540. The molecule has 13 aromatic rings. The first-order chi connectivity index (χ1) is 52.1. The van der Waals surface area contributed by atoms with Crippen molar-refractivity contribution in [1.82, 2.24) is 0 Å². The lowest BCUT2D eigenvalue weighted by Crippen LogP contribution is -2.65. The van der Waals surface area contributed by atoms with E-state index >= 15 is 0 Å². The summed E-state index contributed by atoms with van der Waals surface area (Å²) in [5.41, 5.74) is 35.2. The Balaban J connectivity index is 0.875. The van der Waals surface area contributed by atoms with Gasteiger partial charge in [-0.15, -0.1) is 0 Å². The van der Waals surface area contributed by atoms with Crippen LogP contribution in [0.1, 0.15) is 103 Å². The minimum atomic E-state index is -2.19. The Morgan fingerprint density at radius 1 is 0.222 bits per heavy atom. The van der Waals surface area contributed by atoms with Gasteiger partial charge in [0.15, 0.2) is 0 Å². The van der Waals surface area contributed by atoms with Gasteiger partial charge in [-0.25, -0.2) is 0 Å². The monoisotopic (exact) mass is 1430 g/mol. The van der Waals surface area contributed by atoms with E-state index < -0.39 is 16.1 Å². The lowest BCUT2D eigenvalue weighted by molar-refractivity contribution is 0.332. The fourth-order valence-corrected chi connectivity index (χ4v) is 27.2.